The van der Waals surface area contributed by atoms with Gasteiger partial charge in [-0.2, -0.15) is 0 Å². The first-order valence-corrected chi connectivity index (χ1v) is 5.00. The molecule has 0 spiro atoms. The largest absolute Gasteiger partial charge is 0.468 e. The van der Waals surface area contributed by atoms with Gasteiger partial charge in [-0.05, 0) is 13.8 Å². The van der Waals surface area contributed by atoms with Crippen LogP contribution >= 0.6 is 0 Å². The molecule has 1 aromatic heterocycles. The zero-order valence-electron chi connectivity index (χ0n) is 9.36. The van der Waals surface area contributed by atoms with Crippen LogP contribution in [0.3, 0.4) is 0 Å². The molecule has 1 aromatic rings. The van der Waals surface area contributed by atoms with Crippen molar-refractivity contribution < 1.29 is 9.53 Å². The second-order valence-corrected chi connectivity index (χ2v) is 3.26. The lowest BCUT2D eigenvalue weighted by Gasteiger charge is -2.11. The number of methoxy groups -OCH3 is 1. The highest BCUT2D eigenvalue weighted by Gasteiger charge is 2.12. The minimum Gasteiger partial charge on any atom is -0.468 e. The maximum absolute atomic E-state index is 11.1. The summed E-state index contributed by atoms with van der Waals surface area (Å²) in [5, 5.41) is 3.05. The molecule has 0 bridgehead atoms. The van der Waals surface area contributed by atoms with E-state index in [4.69, 9.17) is 0 Å². The fourth-order valence-corrected chi connectivity index (χ4v) is 1.30. The summed E-state index contributed by atoms with van der Waals surface area (Å²) in [5.41, 5.74) is 0. The monoisotopic (exact) mass is 211 g/mol. The Balaban J connectivity index is 2.46. The predicted molar refractivity (Wildman–Crippen MR) is 56.2 cm³/mol. The van der Waals surface area contributed by atoms with Crippen LogP contribution in [0.5, 0.6) is 0 Å². The molecule has 0 aliphatic heterocycles. The van der Waals surface area contributed by atoms with Crippen LogP contribution in [-0.4, -0.2) is 28.7 Å². The van der Waals surface area contributed by atoms with Crippen molar-refractivity contribution in [1.29, 1.82) is 0 Å². The molecule has 0 saturated carbocycles. The molecule has 84 valence electrons. The van der Waals surface area contributed by atoms with Crippen LogP contribution < -0.4 is 5.32 Å². The quantitative estimate of drug-likeness (QED) is 0.723. The van der Waals surface area contributed by atoms with Crippen molar-refractivity contribution in [2.75, 3.05) is 7.11 Å². The normalized spacial score (nSPS) is 12.5. The minimum absolute atomic E-state index is 0.260. The Kier molecular flexibility index (Phi) is 4.30. The lowest BCUT2D eigenvalue weighted by atomic mass is 10.3. The lowest BCUT2D eigenvalue weighted by Crippen LogP contribution is -2.35. The van der Waals surface area contributed by atoms with Crippen molar-refractivity contribution >= 4 is 5.97 Å². The van der Waals surface area contributed by atoms with E-state index < -0.39 is 0 Å². The standard InChI is InChI=1S/C10H17N3O2/c1-4-13-6-5-11-9(13)7-12-8(2)10(14)15-3/h5-6,8,12H,4,7H2,1-3H3. The lowest BCUT2D eigenvalue weighted by molar-refractivity contribution is -0.142. The number of nitrogens with one attached hydrogen (secondary N) is 1. The Morgan fingerprint density at radius 3 is 3.07 bits per heavy atom. The molecule has 0 aliphatic rings. The molecule has 1 atom stereocenters. The molecule has 0 aliphatic carbocycles. The maximum atomic E-state index is 11.1. The van der Waals surface area contributed by atoms with Crippen LogP contribution in [0.15, 0.2) is 12.4 Å². The molecule has 0 aromatic carbocycles. The first-order chi connectivity index (χ1) is 7.19. The number of nitrogens with zero attached hydrogens (tertiary/aromatic N) is 2. The van der Waals surface area contributed by atoms with E-state index in [0.717, 1.165) is 12.4 Å². The Bertz CT molecular complexity index is 322. The van der Waals surface area contributed by atoms with Gasteiger partial charge in [0.2, 0.25) is 0 Å². The summed E-state index contributed by atoms with van der Waals surface area (Å²) >= 11 is 0. The molecular weight excluding hydrogens is 194 g/mol. The average Bonchev–Trinajstić information content (AvgIpc) is 2.71. The van der Waals surface area contributed by atoms with Gasteiger partial charge in [0.25, 0.3) is 0 Å². The number of imidazole rings is 1. The number of carbonyl (C=O) groups excluding carboxylic acids is 1. The minimum atomic E-state index is -0.308. The van der Waals surface area contributed by atoms with Crippen molar-refractivity contribution in [3.05, 3.63) is 18.2 Å². The van der Waals surface area contributed by atoms with Gasteiger partial charge in [0.05, 0.1) is 13.7 Å². The summed E-state index contributed by atoms with van der Waals surface area (Å²) in [6.07, 6.45) is 3.67. The van der Waals surface area contributed by atoms with Gasteiger partial charge in [-0.1, -0.05) is 0 Å². The zero-order valence-corrected chi connectivity index (χ0v) is 9.36. The second kappa shape index (κ2) is 5.50. The molecule has 1 heterocycles. The van der Waals surface area contributed by atoms with E-state index in [-0.39, 0.29) is 12.0 Å². The first-order valence-electron chi connectivity index (χ1n) is 5.00. The Morgan fingerprint density at radius 2 is 2.47 bits per heavy atom. The Labute approximate surface area is 89.4 Å². The first kappa shape index (κ1) is 11.7. The molecule has 1 unspecified atom stereocenters. The molecule has 0 fully saturated rings. The van der Waals surface area contributed by atoms with E-state index >= 15 is 0 Å². The third-order valence-corrected chi connectivity index (χ3v) is 2.26. The smallest absolute Gasteiger partial charge is 0.322 e. The second-order valence-electron chi connectivity index (χ2n) is 3.26. The highest BCUT2D eigenvalue weighted by molar-refractivity contribution is 5.74. The van der Waals surface area contributed by atoms with Crippen LogP contribution in [-0.2, 0) is 22.6 Å². The van der Waals surface area contributed by atoms with E-state index in [1.807, 2.05) is 10.8 Å². The number of esters is 1. The topological polar surface area (TPSA) is 56.2 Å². The van der Waals surface area contributed by atoms with E-state index in [1.54, 1.807) is 13.1 Å². The van der Waals surface area contributed by atoms with Crippen molar-refractivity contribution in [2.45, 2.75) is 33.0 Å². The number of aromatic nitrogens is 2. The molecule has 0 saturated heterocycles. The van der Waals surface area contributed by atoms with Gasteiger partial charge in [0, 0.05) is 18.9 Å². The molecule has 1 N–H and O–H groups in total. The molecule has 0 amide bonds. The zero-order chi connectivity index (χ0) is 11.3. The number of hydrogen-bond acceptors (Lipinski definition) is 4. The number of carbonyl (C=O) groups is 1. The Morgan fingerprint density at radius 1 is 1.73 bits per heavy atom. The summed E-state index contributed by atoms with van der Waals surface area (Å²) in [4.78, 5) is 15.3. The number of hydrogen-bond donors (Lipinski definition) is 1. The van der Waals surface area contributed by atoms with Crippen molar-refractivity contribution in [3.8, 4) is 0 Å². The van der Waals surface area contributed by atoms with Gasteiger partial charge in [0.15, 0.2) is 0 Å². The average molecular weight is 211 g/mol. The fraction of sp³-hybridized carbons (Fsp3) is 0.600. The van der Waals surface area contributed by atoms with Crippen LogP contribution in [0.2, 0.25) is 0 Å². The van der Waals surface area contributed by atoms with Gasteiger partial charge in [-0.3, -0.25) is 10.1 Å². The third kappa shape index (κ3) is 3.06. The highest BCUT2D eigenvalue weighted by Crippen LogP contribution is 1.97. The highest BCUT2D eigenvalue weighted by atomic mass is 16.5. The maximum Gasteiger partial charge on any atom is 0.322 e. The van der Waals surface area contributed by atoms with Gasteiger partial charge in [0.1, 0.15) is 11.9 Å². The number of rotatable bonds is 5. The summed E-state index contributed by atoms with van der Waals surface area (Å²) in [6.45, 7) is 5.26. The van der Waals surface area contributed by atoms with E-state index in [2.05, 4.69) is 22.0 Å². The van der Waals surface area contributed by atoms with Gasteiger partial charge in [-0.15, -0.1) is 0 Å². The van der Waals surface area contributed by atoms with Crippen LogP contribution in [0.4, 0.5) is 0 Å². The van der Waals surface area contributed by atoms with Crippen LogP contribution in [0.1, 0.15) is 19.7 Å². The fourth-order valence-electron chi connectivity index (χ4n) is 1.30. The van der Waals surface area contributed by atoms with Gasteiger partial charge in [-0.25, -0.2) is 4.98 Å². The molecule has 15 heavy (non-hydrogen) atoms. The number of aryl methyl sites for hydroxylation is 1. The molecule has 0 radical (unpaired) electrons. The van der Waals surface area contributed by atoms with Gasteiger partial charge < -0.3 is 9.30 Å². The summed E-state index contributed by atoms with van der Waals surface area (Å²) in [5.74, 6) is 0.665. The summed E-state index contributed by atoms with van der Waals surface area (Å²) < 4.78 is 6.63. The van der Waals surface area contributed by atoms with Gasteiger partial charge >= 0.3 is 5.97 Å². The molecule has 5 nitrogen and oxygen atoms in total. The molecule has 5 heteroatoms. The van der Waals surface area contributed by atoms with E-state index in [0.29, 0.717) is 6.54 Å². The summed E-state index contributed by atoms with van der Waals surface area (Å²) in [7, 11) is 1.38. The third-order valence-electron chi connectivity index (χ3n) is 2.26. The summed E-state index contributed by atoms with van der Waals surface area (Å²) in [6, 6.07) is -0.308. The molecular formula is C10H17N3O2. The van der Waals surface area contributed by atoms with E-state index in [1.165, 1.54) is 7.11 Å². The van der Waals surface area contributed by atoms with Crippen LogP contribution in [0.25, 0.3) is 0 Å². The van der Waals surface area contributed by atoms with Crippen molar-refractivity contribution in [3.63, 3.8) is 0 Å². The van der Waals surface area contributed by atoms with Crippen LogP contribution in [0, 0.1) is 0 Å². The SMILES string of the molecule is CCn1ccnc1CNC(C)C(=O)OC. The molecule has 1 rings (SSSR count). The number of ether oxygens (including phenoxy) is 1. The Hall–Kier alpha value is -1.36. The van der Waals surface area contributed by atoms with Crippen molar-refractivity contribution in [2.24, 2.45) is 0 Å². The predicted octanol–water partition coefficient (Wildman–Crippen LogP) is 0.554. The van der Waals surface area contributed by atoms with Crippen molar-refractivity contribution in [1.82, 2.24) is 14.9 Å². The van der Waals surface area contributed by atoms with E-state index in [9.17, 15) is 4.79 Å².